The molecule has 7 atom stereocenters. The Hall–Kier alpha value is -2.23. The summed E-state index contributed by atoms with van der Waals surface area (Å²) in [5.41, 5.74) is 1.73. The molecule has 218 valence electrons. The first-order valence-electron chi connectivity index (χ1n) is 16.5. The van der Waals surface area contributed by atoms with E-state index in [1.165, 1.54) is 48.1 Å². The van der Waals surface area contributed by atoms with Gasteiger partial charge in [-0.25, -0.2) is 0 Å². The summed E-state index contributed by atoms with van der Waals surface area (Å²) in [4.78, 5) is 13.2. The monoisotopic (exact) mass is 566 g/mol. The molecule has 1 unspecified atom stereocenters. The van der Waals surface area contributed by atoms with Crippen molar-refractivity contribution in [1.82, 2.24) is 0 Å². The van der Waals surface area contributed by atoms with Crippen LogP contribution in [0, 0.1) is 40.4 Å². The van der Waals surface area contributed by atoms with Crippen molar-refractivity contribution in [3.63, 3.8) is 0 Å². The van der Waals surface area contributed by atoms with Gasteiger partial charge in [-0.15, -0.1) is 0 Å². The Morgan fingerprint density at radius 2 is 1.56 bits per heavy atom. The maximum Gasteiger partial charge on any atom is 0.255 e. The van der Waals surface area contributed by atoms with Crippen molar-refractivity contribution < 1.29 is 9.22 Å². The molecule has 4 aliphatic carbocycles. The van der Waals surface area contributed by atoms with E-state index in [0.29, 0.717) is 30.3 Å². The zero-order valence-electron chi connectivity index (χ0n) is 25.8. The van der Waals surface area contributed by atoms with Gasteiger partial charge < -0.3 is 4.43 Å². The average Bonchev–Trinajstić information content (AvgIpc) is 3.35. The van der Waals surface area contributed by atoms with Crippen molar-refractivity contribution in [3.05, 3.63) is 84.5 Å². The molecule has 0 aliphatic heterocycles. The summed E-state index contributed by atoms with van der Waals surface area (Å²) >= 11 is 0. The molecule has 2 fully saturated rings. The van der Waals surface area contributed by atoms with E-state index >= 15 is 0 Å². The Balaban J connectivity index is 1.36. The minimum absolute atomic E-state index is 0.0166. The van der Waals surface area contributed by atoms with Gasteiger partial charge in [0.05, 0.1) is 0 Å². The van der Waals surface area contributed by atoms with Crippen molar-refractivity contribution >= 4 is 24.5 Å². The predicted octanol–water partition coefficient (Wildman–Crippen LogP) is 8.12. The molecular weight excluding hydrogens is 517 g/mol. The van der Waals surface area contributed by atoms with E-state index in [9.17, 15) is 4.79 Å². The number of fused-ring (bicyclic) bond motifs is 5. The van der Waals surface area contributed by atoms with E-state index in [1.54, 1.807) is 0 Å². The van der Waals surface area contributed by atoms with Gasteiger partial charge in [0.25, 0.3) is 8.32 Å². The zero-order chi connectivity index (χ0) is 28.7. The molecule has 0 saturated heterocycles. The highest BCUT2D eigenvalue weighted by molar-refractivity contribution is 6.97. The molecule has 3 heteroatoms. The Bertz CT molecular complexity index is 1240. The lowest BCUT2D eigenvalue weighted by molar-refractivity contribution is -0.120. The van der Waals surface area contributed by atoms with E-state index in [-0.39, 0.29) is 17.1 Å². The van der Waals surface area contributed by atoms with Crippen LogP contribution < -0.4 is 10.4 Å². The lowest BCUT2D eigenvalue weighted by Crippen LogP contribution is -2.62. The van der Waals surface area contributed by atoms with Gasteiger partial charge in [0.2, 0.25) is 0 Å². The quantitative estimate of drug-likeness (QED) is 0.287. The largest absolute Gasteiger partial charge is 0.408 e. The van der Waals surface area contributed by atoms with Gasteiger partial charge in [0.15, 0.2) is 5.78 Å². The van der Waals surface area contributed by atoms with Gasteiger partial charge in [-0.2, -0.15) is 0 Å². The minimum Gasteiger partial charge on any atom is -0.408 e. The predicted molar refractivity (Wildman–Crippen MR) is 173 cm³/mol. The molecule has 0 N–H and O–H groups in total. The number of allylic oxidation sites excluding steroid dienone is 4. The highest BCUT2D eigenvalue weighted by Gasteiger charge is 2.59. The van der Waals surface area contributed by atoms with Crippen LogP contribution in [0.1, 0.15) is 79.1 Å². The number of unbranched alkanes of at least 4 members (excludes halogenated alkanes) is 1. The molecule has 41 heavy (non-hydrogen) atoms. The van der Waals surface area contributed by atoms with Crippen LogP contribution in [0.2, 0.25) is 6.04 Å². The molecule has 0 radical (unpaired) electrons. The second-order valence-corrected chi connectivity index (χ2v) is 17.7. The van der Waals surface area contributed by atoms with Crippen LogP contribution in [-0.2, 0) is 9.22 Å². The normalized spacial score (nSPS) is 34.5. The lowest BCUT2D eigenvalue weighted by atomic mass is 9.46. The first kappa shape index (κ1) is 28.9. The maximum absolute atomic E-state index is 13.2. The van der Waals surface area contributed by atoms with Crippen LogP contribution in [0.3, 0.4) is 0 Å². The van der Waals surface area contributed by atoms with Gasteiger partial charge in [-0.1, -0.05) is 120 Å². The third kappa shape index (κ3) is 4.76. The number of hydrogen-bond donors (Lipinski definition) is 0. The molecule has 2 nitrogen and oxygen atoms in total. The molecule has 4 aliphatic rings. The molecule has 0 aromatic heterocycles. The Labute approximate surface area is 249 Å². The summed E-state index contributed by atoms with van der Waals surface area (Å²) in [6.07, 6.45) is 16.5. The molecule has 2 aromatic rings. The van der Waals surface area contributed by atoms with Crippen LogP contribution in [0.4, 0.5) is 0 Å². The fourth-order valence-corrected chi connectivity index (χ4v) is 14.2. The molecule has 2 saturated carbocycles. The van der Waals surface area contributed by atoms with Crippen LogP contribution in [-0.4, -0.2) is 20.7 Å². The summed E-state index contributed by atoms with van der Waals surface area (Å²) in [5.74, 6) is 3.33. The summed E-state index contributed by atoms with van der Waals surface area (Å²) in [7, 11) is -2.50. The van der Waals surface area contributed by atoms with E-state index in [1.807, 2.05) is 6.08 Å². The molecule has 0 amide bonds. The first-order chi connectivity index (χ1) is 19.9. The molecular formula is C38H50O2Si. The number of rotatable bonds is 9. The summed E-state index contributed by atoms with van der Waals surface area (Å²) in [5, 5.41) is 2.71. The van der Waals surface area contributed by atoms with Gasteiger partial charge in [0, 0.05) is 18.4 Å². The smallest absolute Gasteiger partial charge is 0.255 e. The maximum atomic E-state index is 13.2. The molecule has 6 rings (SSSR count). The van der Waals surface area contributed by atoms with Gasteiger partial charge in [0.1, 0.15) is 0 Å². The van der Waals surface area contributed by atoms with Crippen molar-refractivity contribution in [2.75, 3.05) is 6.61 Å². The summed E-state index contributed by atoms with van der Waals surface area (Å²) in [6, 6.07) is 23.1. The topological polar surface area (TPSA) is 26.3 Å². The van der Waals surface area contributed by atoms with Gasteiger partial charge in [-0.05, 0) is 88.8 Å². The number of carbonyl (C=O) groups is 1. The average molecular weight is 567 g/mol. The van der Waals surface area contributed by atoms with Crippen LogP contribution in [0.15, 0.2) is 84.5 Å². The highest BCUT2D eigenvalue weighted by atomic mass is 28.4. The molecule has 0 spiro atoms. The number of hydrogen-bond acceptors (Lipinski definition) is 2. The standard InChI is InChI=1S/C38H50O2Si/c1-5-7-24-41(32-14-10-8-11-15-32,33-16-12-9-13-17-33)40-27-30-26-31(39)25-29-18-20-34-35-21-19-28(6-2)37(35,3)23-22-36(34)38(29,30)4/h8-18,20,25,28,30,34-36H,5-7,19,21-24,26-27H2,1-4H3/t28-,30?,34-,35-,36-,37+,38+/m0/s1. The minimum atomic E-state index is -2.50. The molecule has 2 aromatic carbocycles. The SMILES string of the molecule is CCCC[Si](OCC1CC(=O)C=C2C=C[C@H]3[C@@H]4CC[C@H](CC)[C@@]4(C)CC[C@@H]3[C@]21C)(c1ccccc1)c1ccccc1. The first-order valence-corrected chi connectivity index (χ1v) is 18.7. The Kier molecular flexibility index (Phi) is 8.06. The summed E-state index contributed by atoms with van der Waals surface area (Å²) in [6.45, 7) is 10.5. The number of benzene rings is 2. The third-order valence-electron chi connectivity index (χ3n) is 12.4. The van der Waals surface area contributed by atoms with Crippen molar-refractivity contribution in [1.29, 1.82) is 0 Å². The van der Waals surface area contributed by atoms with Crippen molar-refractivity contribution in [2.45, 2.75) is 85.1 Å². The van der Waals surface area contributed by atoms with Crippen LogP contribution in [0.25, 0.3) is 0 Å². The Morgan fingerprint density at radius 3 is 2.20 bits per heavy atom. The van der Waals surface area contributed by atoms with Gasteiger partial charge >= 0.3 is 0 Å². The van der Waals surface area contributed by atoms with E-state index in [0.717, 1.165) is 30.7 Å². The fraction of sp³-hybridized carbons (Fsp3) is 0.553. The second kappa shape index (κ2) is 11.5. The van der Waals surface area contributed by atoms with E-state index in [4.69, 9.17) is 4.43 Å². The van der Waals surface area contributed by atoms with E-state index in [2.05, 4.69) is 101 Å². The third-order valence-corrected chi connectivity index (χ3v) is 16.7. The zero-order valence-corrected chi connectivity index (χ0v) is 26.8. The van der Waals surface area contributed by atoms with Crippen LogP contribution in [0.5, 0.6) is 0 Å². The van der Waals surface area contributed by atoms with Crippen molar-refractivity contribution in [2.24, 2.45) is 40.4 Å². The van der Waals surface area contributed by atoms with Gasteiger partial charge in [-0.3, -0.25) is 4.79 Å². The second-order valence-electron chi connectivity index (χ2n) is 14.1. The fourth-order valence-electron chi connectivity index (χ4n) is 9.99. The number of carbonyl (C=O) groups excluding carboxylic acids is 1. The van der Waals surface area contributed by atoms with Crippen LogP contribution >= 0.6 is 0 Å². The van der Waals surface area contributed by atoms with Crippen molar-refractivity contribution in [3.8, 4) is 0 Å². The molecule has 0 bridgehead atoms. The Morgan fingerprint density at radius 1 is 0.878 bits per heavy atom. The summed E-state index contributed by atoms with van der Waals surface area (Å²) < 4.78 is 7.46. The molecule has 0 heterocycles. The van der Waals surface area contributed by atoms with E-state index < -0.39 is 8.32 Å². The highest BCUT2D eigenvalue weighted by Crippen LogP contribution is 2.66. The lowest BCUT2D eigenvalue weighted by Gasteiger charge is -2.58. The number of ketones is 1.